The average Bonchev–Trinajstić information content (AvgIpc) is 3.02. The van der Waals surface area contributed by atoms with Crippen molar-refractivity contribution in [1.29, 1.82) is 0 Å². The Morgan fingerprint density at radius 2 is 1.88 bits per heavy atom. The van der Waals surface area contributed by atoms with E-state index in [4.69, 9.17) is 9.47 Å². The lowest BCUT2D eigenvalue weighted by molar-refractivity contribution is -0.167. The number of thioether (sulfide) groups is 1. The standard InChI is InChI=1S/C23H33N3O5S/c1-6-25(7-2)13-15(3)31-22(29)19-23(4,5)32-21-18(20(28)26(19)21)24-17(27)14-30-16-11-9-8-10-12-16/h8-12,15,18-19,21H,6-7,13-14H2,1-5H3,(H,24,27)/t15?,18?,19-,21+/m0/s1. The van der Waals surface area contributed by atoms with Crippen LogP contribution in [-0.4, -0.2) is 82.1 Å². The molecular weight excluding hydrogens is 430 g/mol. The molecule has 2 aliphatic heterocycles. The number of hydrogen-bond acceptors (Lipinski definition) is 7. The van der Waals surface area contributed by atoms with Crippen molar-refractivity contribution >= 4 is 29.5 Å². The lowest BCUT2D eigenvalue weighted by atomic mass is 9.96. The molecule has 0 saturated carbocycles. The Kier molecular flexibility index (Phi) is 7.71. The smallest absolute Gasteiger partial charge is 0.330 e. The zero-order valence-electron chi connectivity index (χ0n) is 19.4. The van der Waals surface area contributed by atoms with Crippen molar-refractivity contribution < 1.29 is 23.9 Å². The SMILES string of the molecule is CCN(CC)CC(C)OC(=O)[C@@H]1N2C(=O)C(NC(=O)COc3ccccc3)[C@H]2SC1(C)C. The summed E-state index contributed by atoms with van der Waals surface area (Å²) >= 11 is 1.51. The van der Waals surface area contributed by atoms with Crippen LogP contribution in [0.25, 0.3) is 0 Å². The fourth-order valence-electron chi connectivity index (χ4n) is 4.15. The van der Waals surface area contributed by atoms with E-state index in [0.717, 1.165) is 13.1 Å². The number of fused-ring (bicyclic) bond motifs is 1. The van der Waals surface area contributed by atoms with Gasteiger partial charge in [0.1, 0.15) is 29.3 Å². The van der Waals surface area contributed by atoms with Crippen LogP contribution in [0.3, 0.4) is 0 Å². The summed E-state index contributed by atoms with van der Waals surface area (Å²) in [6.45, 7) is 12.1. The molecule has 1 aromatic rings. The number of benzene rings is 1. The third-order valence-corrected chi connectivity index (χ3v) is 7.39. The molecule has 2 unspecified atom stereocenters. The Morgan fingerprint density at radius 3 is 2.50 bits per heavy atom. The molecule has 1 N–H and O–H groups in total. The molecule has 176 valence electrons. The second-order valence-electron chi connectivity index (χ2n) is 8.64. The molecule has 0 radical (unpaired) electrons. The van der Waals surface area contributed by atoms with E-state index in [-0.39, 0.29) is 29.9 Å². The number of nitrogens with one attached hydrogen (secondary N) is 1. The Labute approximate surface area is 194 Å². The van der Waals surface area contributed by atoms with Gasteiger partial charge in [0.05, 0.1) is 0 Å². The van der Waals surface area contributed by atoms with Gasteiger partial charge in [-0.25, -0.2) is 4.79 Å². The first kappa shape index (κ1) is 24.4. The van der Waals surface area contributed by atoms with Crippen LogP contribution in [-0.2, 0) is 19.1 Å². The first-order valence-corrected chi connectivity index (χ1v) is 12.0. The highest BCUT2D eigenvalue weighted by atomic mass is 32.2. The molecule has 9 heteroatoms. The Bertz CT molecular complexity index is 830. The highest BCUT2D eigenvalue weighted by Crippen LogP contribution is 2.51. The summed E-state index contributed by atoms with van der Waals surface area (Å²) in [4.78, 5) is 41.9. The molecule has 0 aromatic heterocycles. The number of carbonyl (C=O) groups is 3. The number of nitrogens with zero attached hydrogens (tertiary/aromatic N) is 2. The Morgan fingerprint density at radius 1 is 1.22 bits per heavy atom. The number of rotatable bonds is 10. The zero-order chi connectivity index (χ0) is 23.5. The Balaban J connectivity index is 1.57. The summed E-state index contributed by atoms with van der Waals surface area (Å²) in [6, 6.07) is 7.67. The van der Waals surface area contributed by atoms with Crippen molar-refractivity contribution in [2.45, 2.75) is 62.9 Å². The van der Waals surface area contributed by atoms with Crippen molar-refractivity contribution in [3.05, 3.63) is 30.3 Å². The first-order valence-electron chi connectivity index (χ1n) is 11.1. The van der Waals surface area contributed by atoms with Gasteiger partial charge in [-0.15, -0.1) is 11.8 Å². The van der Waals surface area contributed by atoms with Gasteiger partial charge in [0.2, 0.25) is 5.91 Å². The summed E-state index contributed by atoms with van der Waals surface area (Å²) in [5, 5.41) is 2.46. The number of β-lactam (4-membered cyclic amide) rings is 1. The maximum Gasteiger partial charge on any atom is 0.330 e. The summed E-state index contributed by atoms with van der Waals surface area (Å²) in [7, 11) is 0. The predicted octanol–water partition coefficient (Wildman–Crippen LogP) is 1.89. The molecule has 0 bridgehead atoms. The van der Waals surface area contributed by atoms with Crippen molar-refractivity contribution in [2.24, 2.45) is 0 Å². The molecule has 8 nitrogen and oxygen atoms in total. The monoisotopic (exact) mass is 463 g/mol. The van der Waals surface area contributed by atoms with Gasteiger partial charge in [0, 0.05) is 11.3 Å². The highest BCUT2D eigenvalue weighted by Gasteiger charge is 2.64. The molecule has 2 heterocycles. The van der Waals surface area contributed by atoms with Crippen LogP contribution in [0.2, 0.25) is 0 Å². The molecule has 32 heavy (non-hydrogen) atoms. The third-order valence-electron chi connectivity index (χ3n) is 5.82. The molecule has 2 aliphatic rings. The van der Waals surface area contributed by atoms with Crippen LogP contribution in [0.1, 0.15) is 34.6 Å². The number of hydrogen-bond donors (Lipinski definition) is 1. The van der Waals surface area contributed by atoms with E-state index in [1.165, 1.54) is 11.8 Å². The van der Waals surface area contributed by atoms with E-state index in [1.54, 1.807) is 17.0 Å². The average molecular weight is 464 g/mol. The van der Waals surface area contributed by atoms with E-state index in [2.05, 4.69) is 24.1 Å². The van der Waals surface area contributed by atoms with Crippen molar-refractivity contribution in [3.63, 3.8) is 0 Å². The second-order valence-corrected chi connectivity index (χ2v) is 10.4. The number of para-hydroxylation sites is 1. The minimum absolute atomic E-state index is 0.178. The van der Waals surface area contributed by atoms with Gasteiger partial charge in [-0.1, -0.05) is 32.0 Å². The van der Waals surface area contributed by atoms with Gasteiger partial charge in [0.15, 0.2) is 6.61 Å². The molecule has 0 aliphatic carbocycles. The van der Waals surface area contributed by atoms with E-state index in [9.17, 15) is 14.4 Å². The largest absolute Gasteiger partial charge is 0.484 e. The Hall–Kier alpha value is -2.26. The van der Waals surface area contributed by atoms with Crippen LogP contribution in [0.4, 0.5) is 0 Å². The zero-order valence-corrected chi connectivity index (χ0v) is 20.2. The van der Waals surface area contributed by atoms with Gasteiger partial charge < -0.3 is 24.6 Å². The van der Waals surface area contributed by atoms with E-state index in [0.29, 0.717) is 12.3 Å². The number of esters is 1. The number of ether oxygens (including phenoxy) is 2. The van der Waals surface area contributed by atoms with Gasteiger partial charge >= 0.3 is 5.97 Å². The van der Waals surface area contributed by atoms with Gasteiger partial charge in [0.25, 0.3) is 5.91 Å². The summed E-state index contributed by atoms with van der Waals surface area (Å²) in [5.41, 5.74) is 0. The molecule has 0 spiro atoms. The van der Waals surface area contributed by atoms with E-state index < -0.39 is 22.8 Å². The van der Waals surface area contributed by atoms with E-state index >= 15 is 0 Å². The first-order chi connectivity index (χ1) is 15.2. The molecular formula is C23H33N3O5S. The minimum atomic E-state index is -0.683. The van der Waals surface area contributed by atoms with Crippen molar-refractivity contribution in [2.75, 3.05) is 26.2 Å². The molecule has 2 amide bonds. The van der Waals surface area contributed by atoms with E-state index in [1.807, 2.05) is 39.0 Å². The maximum absolute atomic E-state index is 13.0. The van der Waals surface area contributed by atoms with Gasteiger partial charge in [-0.05, 0) is 46.0 Å². The fraction of sp³-hybridized carbons (Fsp3) is 0.609. The summed E-state index contributed by atoms with van der Waals surface area (Å²) in [5.74, 6) is -0.443. The predicted molar refractivity (Wildman–Crippen MR) is 123 cm³/mol. The summed E-state index contributed by atoms with van der Waals surface area (Å²) < 4.78 is 10.6. The molecule has 4 atom stereocenters. The lowest BCUT2D eigenvalue weighted by Crippen LogP contribution is -2.71. The third kappa shape index (κ3) is 5.20. The van der Waals surface area contributed by atoms with Crippen LogP contribution in [0.5, 0.6) is 5.75 Å². The molecule has 2 fully saturated rings. The quantitative estimate of drug-likeness (QED) is 0.419. The van der Waals surface area contributed by atoms with Crippen LogP contribution in [0, 0.1) is 0 Å². The normalized spacial score (nSPS) is 24.5. The summed E-state index contributed by atoms with van der Waals surface area (Å²) in [6.07, 6.45) is -0.274. The maximum atomic E-state index is 13.0. The topological polar surface area (TPSA) is 88.2 Å². The van der Waals surface area contributed by atoms with Crippen molar-refractivity contribution in [3.8, 4) is 5.75 Å². The number of likely N-dealkylation sites (N-methyl/N-ethyl adjacent to an activating group) is 1. The second kappa shape index (κ2) is 10.1. The molecule has 2 saturated heterocycles. The lowest BCUT2D eigenvalue weighted by Gasteiger charge is -2.44. The van der Waals surface area contributed by atoms with Gasteiger partial charge in [-0.3, -0.25) is 9.59 Å². The molecule has 3 rings (SSSR count). The van der Waals surface area contributed by atoms with Crippen LogP contribution < -0.4 is 10.1 Å². The molecule has 1 aromatic carbocycles. The minimum Gasteiger partial charge on any atom is -0.484 e. The van der Waals surface area contributed by atoms with Crippen LogP contribution >= 0.6 is 11.8 Å². The number of amides is 2. The van der Waals surface area contributed by atoms with Crippen LogP contribution in [0.15, 0.2) is 30.3 Å². The fourth-order valence-corrected chi connectivity index (χ4v) is 5.77. The van der Waals surface area contributed by atoms with Gasteiger partial charge in [-0.2, -0.15) is 0 Å². The highest BCUT2D eigenvalue weighted by molar-refractivity contribution is 8.01. The van der Waals surface area contributed by atoms with Crippen molar-refractivity contribution in [1.82, 2.24) is 15.1 Å². The number of carbonyl (C=O) groups excluding carboxylic acids is 3.